The standard InChI is InChI=1S/C30H33ClN6O5S/c31-25-18-32-28(33-21-7-6-12-30(40,17-21)20-35-13-15-36(16-14-35)29(38)39)34-27(25)24-19-37(26-11-5-4-10-23(24)26)43(41,42)22-8-2-1-3-9-22/h1-5,8-11,18-19,21,40H,6-7,12-17,20H2,(H,38,39)(H,32,33,34)/t21-,30?/m1/s1. The molecule has 1 aliphatic heterocycles. The highest BCUT2D eigenvalue weighted by molar-refractivity contribution is 7.90. The Morgan fingerprint density at radius 3 is 2.53 bits per heavy atom. The van der Waals surface area contributed by atoms with Gasteiger partial charge < -0.3 is 20.4 Å². The van der Waals surface area contributed by atoms with Gasteiger partial charge in [0.2, 0.25) is 5.95 Å². The number of amides is 1. The number of β-amino-alcohol motifs (C(OH)–C–C–N with tert-alkyl or cyclic N) is 1. The van der Waals surface area contributed by atoms with Gasteiger partial charge in [-0.1, -0.05) is 48.0 Å². The summed E-state index contributed by atoms with van der Waals surface area (Å²) in [6.45, 7) is 2.50. The Kier molecular flexibility index (Phi) is 8.03. The molecule has 3 N–H and O–H groups in total. The number of rotatable bonds is 7. The summed E-state index contributed by atoms with van der Waals surface area (Å²) in [6.07, 6.45) is 4.92. The predicted octanol–water partition coefficient (Wildman–Crippen LogP) is 4.37. The molecule has 0 spiro atoms. The van der Waals surface area contributed by atoms with Gasteiger partial charge in [-0.2, -0.15) is 0 Å². The summed E-state index contributed by atoms with van der Waals surface area (Å²) in [5.74, 6) is 0.339. The molecule has 13 heteroatoms. The second-order valence-corrected chi connectivity index (χ2v) is 13.5. The van der Waals surface area contributed by atoms with Gasteiger partial charge in [0.25, 0.3) is 10.0 Å². The van der Waals surface area contributed by atoms with E-state index in [4.69, 9.17) is 16.6 Å². The van der Waals surface area contributed by atoms with Gasteiger partial charge >= 0.3 is 6.09 Å². The van der Waals surface area contributed by atoms with Crippen molar-refractivity contribution in [2.75, 3.05) is 38.0 Å². The number of aliphatic hydroxyl groups is 1. The summed E-state index contributed by atoms with van der Waals surface area (Å²) in [5, 5.41) is 25.0. The second-order valence-electron chi connectivity index (χ2n) is 11.3. The number of carboxylic acid groups (broad SMARTS) is 1. The molecule has 1 aliphatic carbocycles. The third-order valence-electron chi connectivity index (χ3n) is 8.29. The van der Waals surface area contributed by atoms with E-state index in [0.29, 0.717) is 73.7 Å². The lowest BCUT2D eigenvalue weighted by molar-refractivity contribution is -0.0369. The number of para-hydroxylation sites is 1. The molecular weight excluding hydrogens is 592 g/mol. The van der Waals surface area contributed by atoms with Crippen LogP contribution in [0, 0.1) is 0 Å². The van der Waals surface area contributed by atoms with E-state index in [2.05, 4.69) is 15.2 Å². The fourth-order valence-corrected chi connectivity index (χ4v) is 7.76. The molecule has 1 saturated heterocycles. The number of carbonyl (C=O) groups is 1. The Hall–Kier alpha value is -3.71. The SMILES string of the molecule is O=C(O)N1CCN(CC2(O)CCC[C@@H](Nc3ncc(Cl)c(-c4cn(S(=O)(=O)c5ccccc5)c5ccccc45)n3)C2)CC1. The summed E-state index contributed by atoms with van der Waals surface area (Å²) >= 11 is 6.60. The van der Waals surface area contributed by atoms with E-state index < -0.39 is 21.7 Å². The van der Waals surface area contributed by atoms with Gasteiger partial charge in [-0.15, -0.1) is 0 Å². The van der Waals surface area contributed by atoms with Crippen LogP contribution in [0.15, 0.2) is 71.9 Å². The summed E-state index contributed by atoms with van der Waals surface area (Å²) in [6, 6.07) is 15.4. The lowest BCUT2D eigenvalue weighted by Crippen LogP contribution is -2.54. The van der Waals surface area contributed by atoms with Crippen LogP contribution in [0.1, 0.15) is 25.7 Å². The lowest BCUT2D eigenvalue weighted by atomic mass is 9.81. The van der Waals surface area contributed by atoms with Gasteiger partial charge in [-0.25, -0.2) is 27.2 Å². The first kappa shape index (κ1) is 29.4. The molecule has 1 amide bonds. The van der Waals surface area contributed by atoms with Crippen LogP contribution in [0.2, 0.25) is 5.02 Å². The highest BCUT2D eigenvalue weighted by Crippen LogP contribution is 2.36. The van der Waals surface area contributed by atoms with Crippen molar-refractivity contribution in [2.24, 2.45) is 0 Å². The molecule has 0 bridgehead atoms. The van der Waals surface area contributed by atoms with E-state index in [1.54, 1.807) is 48.7 Å². The Morgan fingerprint density at radius 2 is 1.79 bits per heavy atom. The third kappa shape index (κ3) is 6.05. The highest BCUT2D eigenvalue weighted by atomic mass is 35.5. The number of nitrogens with one attached hydrogen (secondary N) is 1. The molecule has 226 valence electrons. The monoisotopic (exact) mass is 624 g/mol. The molecule has 4 aromatic rings. The quantitative estimate of drug-likeness (QED) is 0.273. The third-order valence-corrected chi connectivity index (χ3v) is 10.3. The van der Waals surface area contributed by atoms with Crippen molar-refractivity contribution in [1.82, 2.24) is 23.7 Å². The van der Waals surface area contributed by atoms with E-state index in [9.17, 15) is 23.4 Å². The first-order valence-corrected chi connectivity index (χ1v) is 16.1. The molecule has 11 nitrogen and oxygen atoms in total. The summed E-state index contributed by atoms with van der Waals surface area (Å²) in [5.41, 5.74) is 0.550. The smallest absolute Gasteiger partial charge is 0.407 e. The maximum absolute atomic E-state index is 13.6. The Bertz CT molecular complexity index is 1740. The molecule has 2 aromatic carbocycles. The molecule has 2 atom stereocenters. The predicted molar refractivity (Wildman–Crippen MR) is 164 cm³/mol. The van der Waals surface area contributed by atoms with E-state index in [1.807, 2.05) is 12.1 Å². The van der Waals surface area contributed by atoms with Crippen LogP contribution < -0.4 is 5.32 Å². The van der Waals surface area contributed by atoms with Crippen molar-refractivity contribution in [1.29, 1.82) is 0 Å². The molecule has 2 fully saturated rings. The Balaban J connectivity index is 1.24. The minimum Gasteiger partial charge on any atom is -0.465 e. The average molecular weight is 625 g/mol. The van der Waals surface area contributed by atoms with E-state index in [0.717, 1.165) is 12.8 Å². The molecule has 2 aliphatic rings. The number of anilines is 1. The number of benzene rings is 2. The normalized spacial score (nSPS) is 21.6. The zero-order chi connectivity index (χ0) is 30.2. The van der Waals surface area contributed by atoms with Crippen molar-refractivity contribution in [3.05, 3.63) is 72.0 Å². The first-order chi connectivity index (χ1) is 20.6. The van der Waals surface area contributed by atoms with E-state index in [-0.39, 0.29) is 16.0 Å². The number of aromatic nitrogens is 3. The number of piperazine rings is 1. The summed E-state index contributed by atoms with van der Waals surface area (Å²) < 4.78 is 28.4. The van der Waals surface area contributed by atoms with Gasteiger partial charge in [0.15, 0.2) is 0 Å². The summed E-state index contributed by atoms with van der Waals surface area (Å²) in [7, 11) is -3.88. The number of hydrogen-bond donors (Lipinski definition) is 3. The molecular formula is C30H33ClN6O5S. The summed E-state index contributed by atoms with van der Waals surface area (Å²) in [4.78, 5) is 24.1. The Morgan fingerprint density at radius 1 is 1.07 bits per heavy atom. The van der Waals surface area contributed by atoms with Crippen LogP contribution in [0.4, 0.5) is 10.7 Å². The fraction of sp³-hybridized carbons (Fsp3) is 0.367. The molecule has 0 radical (unpaired) electrons. The number of nitrogens with zero attached hydrogens (tertiary/aromatic N) is 5. The van der Waals surface area contributed by atoms with Crippen molar-refractivity contribution in [3.63, 3.8) is 0 Å². The molecule has 43 heavy (non-hydrogen) atoms. The number of fused-ring (bicyclic) bond motifs is 1. The highest BCUT2D eigenvalue weighted by Gasteiger charge is 2.37. The number of hydrogen-bond acceptors (Lipinski definition) is 8. The topological polar surface area (TPSA) is 141 Å². The lowest BCUT2D eigenvalue weighted by Gasteiger charge is -2.42. The van der Waals surface area contributed by atoms with Crippen LogP contribution in [0.5, 0.6) is 0 Å². The van der Waals surface area contributed by atoms with Gasteiger partial charge in [0.1, 0.15) is 0 Å². The molecule has 1 unspecified atom stereocenters. The molecule has 2 aromatic heterocycles. The van der Waals surface area contributed by atoms with Crippen molar-refractivity contribution in [3.8, 4) is 11.3 Å². The maximum Gasteiger partial charge on any atom is 0.407 e. The van der Waals surface area contributed by atoms with Crippen LogP contribution >= 0.6 is 11.6 Å². The molecule has 6 rings (SSSR count). The van der Waals surface area contributed by atoms with Crippen LogP contribution in [0.25, 0.3) is 22.2 Å². The van der Waals surface area contributed by atoms with Crippen LogP contribution in [0.3, 0.4) is 0 Å². The first-order valence-electron chi connectivity index (χ1n) is 14.3. The molecule has 3 heterocycles. The zero-order valence-corrected chi connectivity index (χ0v) is 25.0. The maximum atomic E-state index is 13.6. The average Bonchev–Trinajstić information content (AvgIpc) is 3.39. The van der Waals surface area contributed by atoms with E-state index in [1.165, 1.54) is 15.1 Å². The van der Waals surface area contributed by atoms with Gasteiger partial charge in [-0.05, 0) is 43.9 Å². The Labute approximate surface area is 254 Å². The van der Waals surface area contributed by atoms with Gasteiger partial charge in [0, 0.05) is 55.9 Å². The van der Waals surface area contributed by atoms with Gasteiger partial charge in [-0.3, -0.25) is 4.90 Å². The largest absolute Gasteiger partial charge is 0.465 e. The van der Waals surface area contributed by atoms with Crippen molar-refractivity contribution < 1.29 is 23.4 Å². The van der Waals surface area contributed by atoms with Crippen molar-refractivity contribution in [2.45, 2.75) is 42.2 Å². The van der Waals surface area contributed by atoms with Crippen LogP contribution in [-0.2, 0) is 10.0 Å². The minimum atomic E-state index is -3.88. The molecule has 1 saturated carbocycles. The fourth-order valence-electron chi connectivity index (χ4n) is 6.17. The minimum absolute atomic E-state index is 0.0899. The zero-order valence-electron chi connectivity index (χ0n) is 23.4. The van der Waals surface area contributed by atoms with Gasteiger partial charge in [0.05, 0.1) is 32.9 Å². The van der Waals surface area contributed by atoms with Crippen LogP contribution in [-0.4, -0.2) is 92.8 Å². The van der Waals surface area contributed by atoms with E-state index >= 15 is 0 Å². The van der Waals surface area contributed by atoms with Crippen molar-refractivity contribution >= 4 is 44.6 Å². The second kappa shape index (κ2) is 11.8. The number of halogens is 1.